The van der Waals surface area contributed by atoms with E-state index in [0.717, 1.165) is 5.56 Å². The lowest BCUT2D eigenvalue weighted by Crippen LogP contribution is -2.25. The number of anilines is 1. The predicted octanol–water partition coefficient (Wildman–Crippen LogP) is 2.06. The fraction of sp³-hybridized carbons (Fsp3) is 0.118. The van der Waals surface area contributed by atoms with Gasteiger partial charge in [-0.1, -0.05) is 24.3 Å². The Morgan fingerprint density at radius 2 is 1.96 bits per heavy atom. The Morgan fingerprint density at radius 1 is 1.26 bits per heavy atom. The van der Waals surface area contributed by atoms with Crippen molar-refractivity contribution in [3.63, 3.8) is 0 Å². The molecule has 0 atom stereocenters. The third kappa shape index (κ3) is 4.58. The van der Waals surface area contributed by atoms with E-state index in [-0.39, 0.29) is 6.61 Å². The summed E-state index contributed by atoms with van der Waals surface area (Å²) in [7, 11) is 0. The highest BCUT2D eigenvalue weighted by atomic mass is 16.5. The Bertz CT molecular complexity index is 761. The Morgan fingerprint density at radius 3 is 2.65 bits per heavy atom. The van der Waals surface area contributed by atoms with Gasteiger partial charge in [0.05, 0.1) is 11.3 Å². The van der Waals surface area contributed by atoms with Gasteiger partial charge in [0.15, 0.2) is 6.61 Å². The molecule has 0 aliphatic rings. The number of hydrogen-bond acceptors (Lipinski definition) is 5. The number of nitrogen functional groups attached to an aromatic ring is 1. The van der Waals surface area contributed by atoms with Gasteiger partial charge in [0.25, 0.3) is 5.91 Å². The summed E-state index contributed by atoms with van der Waals surface area (Å²) in [5.74, 6) is -0.0445. The molecule has 0 aliphatic carbocycles. The van der Waals surface area contributed by atoms with Crippen LogP contribution in [0.15, 0.2) is 53.6 Å². The lowest BCUT2D eigenvalue weighted by atomic mass is 10.1. The fourth-order valence-corrected chi connectivity index (χ4v) is 1.80. The third-order valence-electron chi connectivity index (χ3n) is 3.04. The second-order valence-electron chi connectivity index (χ2n) is 4.75. The highest BCUT2D eigenvalue weighted by Gasteiger charge is 2.06. The molecule has 0 aromatic heterocycles. The van der Waals surface area contributed by atoms with E-state index in [0.29, 0.717) is 22.7 Å². The molecule has 0 saturated heterocycles. The molecular weight excluding hydrogens is 292 g/mol. The first-order valence-corrected chi connectivity index (χ1v) is 6.91. The number of rotatable bonds is 5. The van der Waals surface area contributed by atoms with Crippen molar-refractivity contribution in [2.75, 3.05) is 12.3 Å². The number of para-hydroxylation sites is 1. The van der Waals surface area contributed by atoms with Crippen LogP contribution in [-0.2, 0) is 4.79 Å². The first-order chi connectivity index (χ1) is 11.1. The first kappa shape index (κ1) is 16.0. The van der Waals surface area contributed by atoms with E-state index in [1.165, 1.54) is 0 Å². The molecule has 0 heterocycles. The van der Waals surface area contributed by atoms with Crippen LogP contribution in [0.1, 0.15) is 18.1 Å². The van der Waals surface area contributed by atoms with Crippen LogP contribution in [0.5, 0.6) is 5.75 Å². The summed E-state index contributed by atoms with van der Waals surface area (Å²) in [5.41, 5.74) is 10.6. The number of carbonyl (C=O) groups excluding carboxylic acids is 1. The second-order valence-corrected chi connectivity index (χ2v) is 4.75. The first-order valence-electron chi connectivity index (χ1n) is 6.91. The van der Waals surface area contributed by atoms with Crippen molar-refractivity contribution in [1.29, 1.82) is 5.26 Å². The largest absolute Gasteiger partial charge is 0.482 e. The van der Waals surface area contributed by atoms with Gasteiger partial charge in [-0.05, 0) is 36.8 Å². The number of benzene rings is 2. The van der Waals surface area contributed by atoms with Crippen molar-refractivity contribution in [2.24, 2.45) is 5.10 Å². The summed E-state index contributed by atoms with van der Waals surface area (Å²) >= 11 is 0. The minimum Gasteiger partial charge on any atom is -0.482 e. The Hall–Kier alpha value is -3.33. The average Bonchev–Trinajstić information content (AvgIpc) is 2.58. The predicted molar refractivity (Wildman–Crippen MR) is 87.9 cm³/mol. The Kier molecular flexibility index (Phi) is 5.31. The lowest BCUT2D eigenvalue weighted by molar-refractivity contribution is -0.123. The number of hydrogen-bond donors (Lipinski definition) is 2. The molecule has 116 valence electrons. The van der Waals surface area contributed by atoms with Crippen LogP contribution in [0, 0.1) is 11.3 Å². The molecule has 0 saturated carbocycles. The number of nitrogens with one attached hydrogen (secondary N) is 1. The zero-order valence-corrected chi connectivity index (χ0v) is 12.6. The molecule has 6 heteroatoms. The molecule has 0 fully saturated rings. The van der Waals surface area contributed by atoms with Crippen LogP contribution in [-0.4, -0.2) is 18.2 Å². The maximum atomic E-state index is 11.8. The van der Waals surface area contributed by atoms with Gasteiger partial charge in [0.1, 0.15) is 11.8 Å². The van der Waals surface area contributed by atoms with Gasteiger partial charge in [-0.3, -0.25) is 4.79 Å². The zero-order chi connectivity index (χ0) is 16.7. The minimum absolute atomic E-state index is 0.225. The molecule has 2 rings (SSSR count). The van der Waals surface area contributed by atoms with E-state index >= 15 is 0 Å². The van der Waals surface area contributed by atoms with Crippen LogP contribution in [0.25, 0.3) is 0 Å². The number of nitrogens with zero attached hydrogens (tertiary/aromatic N) is 2. The molecule has 0 bridgehead atoms. The third-order valence-corrected chi connectivity index (χ3v) is 3.04. The maximum absolute atomic E-state index is 11.8. The smallest absolute Gasteiger partial charge is 0.277 e. The van der Waals surface area contributed by atoms with Crippen molar-refractivity contribution in [3.05, 3.63) is 59.7 Å². The number of nitrogens with two attached hydrogens (primary N) is 1. The zero-order valence-electron chi connectivity index (χ0n) is 12.6. The highest BCUT2D eigenvalue weighted by Crippen LogP contribution is 2.16. The summed E-state index contributed by atoms with van der Waals surface area (Å²) in [6.07, 6.45) is 0. The topological polar surface area (TPSA) is 100 Å². The molecule has 23 heavy (non-hydrogen) atoms. The minimum atomic E-state index is -0.410. The summed E-state index contributed by atoms with van der Waals surface area (Å²) in [5, 5.41) is 13.0. The monoisotopic (exact) mass is 308 g/mol. The number of carbonyl (C=O) groups is 1. The fourth-order valence-electron chi connectivity index (χ4n) is 1.80. The van der Waals surface area contributed by atoms with Crippen molar-refractivity contribution in [1.82, 2.24) is 5.43 Å². The summed E-state index contributed by atoms with van der Waals surface area (Å²) < 4.78 is 5.32. The molecule has 6 nitrogen and oxygen atoms in total. The SMILES string of the molecule is C/C(=N/NC(=O)COc1ccccc1C#N)c1ccc(N)cc1. The number of hydrazone groups is 1. The molecule has 0 radical (unpaired) electrons. The summed E-state index contributed by atoms with van der Waals surface area (Å²) in [4.78, 5) is 11.8. The van der Waals surface area contributed by atoms with Gasteiger partial charge in [-0.2, -0.15) is 10.4 Å². The number of ether oxygens (including phenoxy) is 1. The molecular formula is C17H16N4O2. The normalized spacial score (nSPS) is 10.7. The van der Waals surface area contributed by atoms with E-state index < -0.39 is 5.91 Å². The van der Waals surface area contributed by atoms with E-state index in [1.807, 2.05) is 18.2 Å². The van der Waals surface area contributed by atoms with Gasteiger partial charge < -0.3 is 10.5 Å². The van der Waals surface area contributed by atoms with Crippen LogP contribution >= 0.6 is 0 Å². The highest BCUT2D eigenvalue weighted by molar-refractivity contribution is 5.99. The van der Waals surface area contributed by atoms with E-state index in [1.54, 1.807) is 43.3 Å². The second kappa shape index (κ2) is 7.61. The van der Waals surface area contributed by atoms with E-state index in [4.69, 9.17) is 15.7 Å². The molecule has 3 N–H and O–H groups in total. The van der Waals surface area contributed by atoms with Gasteiger partial charge in [0.2, 0.25) is 0 Å². The van der Waals surface area contributed by atoms with Crippen LogP contribution in [0.2, 0.25) is 0 Å². The molecule has 0 spiro atoms. The molecule has 0 unspecified atom stereocenters. The van der Waals surface area contributed by atoms with E-state index in [2.05, 4.69) is 10.5 Å². The summed E-state index contributed by atoms with van der Waals surface area (Å²) in [6, 6.07) is 15.9. The summed E-state index contributed by atoms with van der Waals surface area (Å²) in [6.45, 7) is 1.55. The number of nitriles is 1. The maximum Gasteiger partial charge on any atom is 0.277 e. The number of amides is 1. The van der Waals surface area contributed by atoms with Gasteiger partial charge >= 0.3 is 0 Å². The van der Waals surface area contributed by atoms with Crippen molar-refractivity contribution in [3.8, 4) is 11.8 Å². The standard InChI is InChI=1S/C17H16N4O2/c1-12(13-6-8-15(19)9-7-13)20-21-17(22)11-23-16-5-3-2-4-14(16)10-18/h2-9H,11,19H2,1H3,(H,21,22)/b20-12-. The average molecular weight is 308 g/mol. The van der Waals surface area contributed by atoms with Gasteiger partial charge in [-0.25, -0.2) is 5.43 Å². The Labute approximate surface area is 134 Å². The van der Waals surface area contributed by atoms with E-state index in [9.17, 15) is 4.79 Å². The molecule has 1 amide bonds. The van der Waals surface area contributed by atoms with Crippen molar-refractivity contribution in [2.45, 2.75) is 6.92 Å². The van der Waals surface area contributed by atoms with Gasteiger partial charge in [0, 0.05) is 5.69 Å². The lowest BCUT2D eigenvalue weighted by Gasteiger charge is -2.07. The quantitative estimate of drug-likeness (QED) is 0.501. The van der Waals surface area contributed by atoms with Crippen molar-refractivity contribution >= 4 is 17.3 Å². The van der Waals surface area contributed by atoms with Crippen LogP contribution < -0.4 is 15.9 Å². The Balaban J connectivity index is 1.91. The van der Waals surface area contributed by atoms with Gasteiger partial charge in [-0.15, -0.1) is 0 Å². The molecule has 0 aliphatic heterocycles. The van der Waals surface area contributed by atoms with Crippen molar-refractivity contribution < 1.29 is 9.53 Å². The molecule has 2 aromatic carbocycles. The molecule has 2 aromatic rings. The van der Waals surface area contributed by atoms with Crippen LogP contribution in [0.3, 0.4) is 0 Å². The van der Waals surface area contributed by atoms with Crippen LogP contribution in [0.4, 0.5) is 5.69 Å².